The van der Waals surface area contributed by atoms with Crippen molar-refractivity contribution in [2.45, 2.75) is 19.4 Å². The number of anilines is 1. The Morgan fingerprint density at radius 2 is 1.77 bits per heavy atom. The lowest BCUT2D eigenvalue weighted by Crippen LogP contribution is -2.29. The number of hydrogen-bond donors (Lipinski definition) is 2. The topological polar surface area (TPSA) is 93.7 Å². The van der Waals surface area contributed by atoms with Crippen molar-refractivity contribution < 1.29 is 23.9 Å². The summed E-state index contributed by atoms with van der Waals surface area (Å²) in [6.45, 7) is 1.40. The van der Waals surface area contributed by atoms with E-state index in [4.69, 9.17) is 4.74 Å². The number of rotatable bonds is 7. The summed E-state index contributed by atoms with van der Waals surface area (Å²) in [5.74, 6) is -0.279. The first-order valence-electron chi connectivity index (χ1n) is 7.82. The molecule has 0 aliphatic heterocycles. The van der Waals surface area contributed by atoms with E-state index in [1.807, 2.05) is 0 Å². The van der Waals surface area contributed by atoms with Crippen LogP contribution in [-0.4, -0.2) is 32.0 Å². The molecule has 26 heavy (non-hydrogen) atoms. The van der Waals surface area contributed by atoms with Gasteiger partial charge in [0.2, 0.25) is 11.8 Å². The maximum atomic E-state index is 12.4. The van der Waals surface area contributed by atoms with Crippen LogP contribution in [0.3, 0.4) is 0 Å². The number of methoxy groups -OCH3 is 2. The number of esters is 1. The Balaban J connectivity index is 2.06. The molecule has 2 rings (SSSR count). The highest BCUT2D eigenvalue weighted by atomic mass is 32.1. The van der Waals surface area contributed by atoms with E-state index in [0.29, 0.717) is 15.6 Å². The highest BCUT2D eigenvalue weighted by molar-refractivity contribution is 7.18. The van der Waals surface area contributed by atoms with Crippen LogP contribution in [0.4, 0.5) is 5.00 Å². The molecular weight excluding hydrogens is 356 g/mol. The summed E-state index contributed by atoms with van der Waals surface area (Å²) in [6.07, 6.45) is 0.0529. The molecule has 2 aromatic rings. The average Bonchev–Trinajstić information content (AvgIpc) is 3.08. The van der Waals surface area contributed by atoms with E-state index in [9.17, 15) is 14.4 Å². The first-order chi connectivity index (χ1) is 12.4. The van der Waals surface area contributed by atoms with Crippen LogP contribution in [0.25, 0.3) is 0 Å². The maximum absolute atomic E-state index is 12.4. The van der Waals surface area contributed by atoms with Gasteiger partial charge in [0.1, 0.15) is 10.6 Å². The van der Waals surface area contributed by atoms with Gasteiger partial charge in [0.05, 0.1) is 31.7 Å². The minimum atomic E-state index is -0.474. The van der Waals surface area contributed by atoms with Gasteiger partial charge in [-0.15, -0.1) is 11.3 Å². The number of amides is 2. The molecule has 0 spiro atoms. The van der Waals surface area contributed by atoms with Gasteiger partial charge >= 0.3 is 5.97 Å². The largest absolute Gasteiger partial charge is 0.497 e. The van der Waals surface area contributed by atoms with Gasteiger partial charge in [0.25, 0.3) is 0 Å². The number of carbonyl (C=O) groups excluding carboxylic acids is 3. The Hall–Kier alpha value is -2.87. The van der Waals surface area contributed by atoms with Gasteiger partial charge < -0.3 is 20.1 Å². The summed E-state index contributed by atoms with van der Waals surface area (Å²) in [5, 5.41) is 6.04. The summed E-state index contributed by atoms with van der Waals surface area (Å²) in [4.78, 5) is 35.7. The standard InChI is InChI=1S/C18H20N2O5S/c1-11(21)19-14(12-4-6-13(24-2)7-5-12)10-16(22)20-17-9-8-15(26-17)18(23)25-3/h4-9,14H,10H2,1-3H3,(H,19,21)(H,20,22)/t14-/m1/s1. The molecule has 0 saturated carbocycles. The van der Waals surface area contributed by atoms with Crippen molar-refractivity contribution in [2.75, 3.05) is 19.5 Å². The lowest BCUT2D eigenvalue weighted by atomic mass is 10.0. The first-order valence-corrected chi connectivity index (χ1v) is 8.63. The second kappa shape index (κ2) is 9.00. The highest BCUT2D eigenvalue weighted by Crippen LogP contribution is 2.25. The summed E-state index contributed by atoms with van der Waals surface area (Å²) < 4.78 is 9.76. The molecule has 8 heteroatoms. The molecule has 1 aromatic carbocycles. The van der Waals surface area contributed by atoms with Gasteiger partial charge in [-0.3, -0.25) is 9.59 Å². The van der Waals surface area contributed by atoms with E-state index in [0.717, 1.165) is 16.9 Å². The van der Waals surface area contributed by atoms with Crippen LogP contribution >= 0.6 is 11.3 Å². The predicted molar refractivity (Wildman–Crippen MR) is 98.5 cm³/mol. The monoisotopic (exact) mass is 376 g/mol. The molecule has 7 nitrogen and oxygen atoms in total. The van der Waals surface area contributed by atoms with Gasteiger partial charge in [-0.05, 0) is 29.8 Å². The lowest BCUT2D eigenvalue weighted by Gasteiger charge is -2.18. The zero-order valence-corrected chi connectivity index (χ0v) is 15.5. The summed E-state index contributed by atoms with van der Waals surface area (Å²) in [7, 11) is 2.87. The van der Waals surface area contributed by atoms with Crippen LogP contribution in [0.15, 0.2) is 36.4 Å². The molecule has 0 bridgehead atoms. The third kappa shape index (κ3) is 5.32. The molecule has 2 N–H and O–H groups in total. The molecular formula is C18H20N2O5S. The quantitative estimate of drug-likeness (QED) is 0.725. The van der Waals surface area contributed by atoms with Gasteiger partial charge in [-0.25, -0.2) is 4.79 Å². The van der Waals surface area contributed by atoms with Gasteiger partial charge in [0, 0.05) is 6.92 Å². The first kappa shape index (κ1) is 19.5. The molecule has 0 aliphatic rings. The third-order valence-corrected chi connectivity index (χ3v) is 4.52. The number of thiophene rings is 1. The average molecular weight is 376 g/mol. The van der Waals surface area contributed by atoms with Crippen LogP contribution in [-0.2, 0) is 14.3 Å². The van der Waals surface area contributed by atoms with Crippen LogP contribution < -0.4 is 15.4 Å². The van der Waals surface area contributed by atoms with E-state index in [1.165, 1.54) is 14.0 Å². The smallest absolute Gasteiger partial charge is 0.348 e. The number of carbonyl (C=O) groups is 3. The summed E-state index contributed by atoms with van der Waals surface area (Å²) in [6, 6.07) is 9.88. The molecule has 0 fully saturated rings. The molecule has 0 saturated heterocycles. The van der Waals surface area contributed by atoms with Crippen molar-refractivity contribution >= 4 is 34.1 Å². The molecule has 1 aromatic heterocycles. The van der Waals surface area contributed by atoms with Crippen molar-refractivity contribution in [3.63, 3.8) is 0 Å². The number of ether oxygens (including phenoxy) is 2. The van der Waals surface area contributed by atoms with Crippen molar-refractivity contribution in [3.05, 3.63) is 46.8 Å². The van der Waals surface area contributed by atoms with Crippen LogP contribution in [0.1, 0.15) is 34.6 Å². The van der Waals surface area contributed by atoms with Crippen molar-refractivity contribution in [3.8, 4) is 5.75 Å². The molecule has 1 atom stereocenters. The van der Waals surface area contributed by atoms with Crippen molar-refractivity contribution in [1.82, 2.24) is 5.32 Å². The second-order valence-corrected chi connectivity index (χ2v) is 6.52. The highest BCUT2D eigenvalue weighted by Gasteiger charge is 2.18. The van der Waals surface area contributed by atoms with E-state index in [2.05, 4.69) is 15.4 Å². The lowest BCUT2D eigenvalue weighted by molar-refractivity contribution is -0.120. The Bertz CT molecular complexity index is 785. The Kier molecular flexibility index (Phi) is 6.74. The Labute approximate surface area is 155 Å². The maximum Gasteiger partial charge on any atom is 0.348 e. The fraction of sp³-hybridized carbons (Fsp3) is 0.278. The molecule has 0 unspecified atom stereocenters. The summed E-state index contributed by atoms with van der Waals surface area (Å²) in [5.41, 5.74) is 0.789. The number of hydrogen-bond acceptors (Lipinski definition) is 6. The molecule has 2 amide bonds. The Morgan fingerprint density at radius 1 is 1.08 bits per heavy atom. The number of benzene rings is 1. The van der Waals surface area contributed by atoms with Crippen LogP contribution in [0, 0.1) is 0 Å². The van der Waals surface area contributed by atoms with Gasteiger partial charge in [-0.2, -0.15) is 0 Å². The predicted octanol–water partition coefficient (Wildman–Crippen LogP) is 2.75. The van der Waals surface area contributed by atoms with E-state index >= 15 is 0 Å². The minimum absolute atomic E-state index is 0.0529. The third-order valence-electron chi connectivity index (χ3n) is 3.54. The van der Waals surface area contributed by atoms with Crippen LogP contribution in [0.5, 0.6) is 5.75 Å². The second-order valence-electron chi connectivity index (χ2n) is 5.43. The molecule has 0 radical (unpaired) electrons. The molecule has 138 valence electrons. The van der Waals surface area contributed by atoms with Gasteiger partial charge in [0.15, 0.2) is 0 Å². The van der Waals surface area contributed by atoms with E-state index in [1.54, 1.807) is 43.5 Å². The fourth-order valence-corrected chi connectivity index (χ4v) is 3.16. The van der Waals surface area contributed by atoms with Crippen LogP contribution in [0.2, 0.25) is 0 Å². The van der Waals surface area contributed by atoms with Crippen molar-refractivity contribution in [2.24, 2.45) is 0 Å². The SMILES string of the molecule is COC(=O)c1ccc(NC(=O)C[C@@H](NC(C)=O)c2ccc(OC)cc2)s1. The molecule has 1 heterocycles. The van der Waals surface area contributed by atoms with Gasteiger partial charge in [-0.1, -0.05) is 12.1 Å². The van der Waals surface area contributed by atoms with Crippen molar-refractivity contribution in [1.29, 1.82) is 0 Å². The van der Waals surface area contributed by atoms with E-state index < -0.39 is 12.0 Å². The Morgan fingerprint density at radius 3 is 2.35 bits per heavy atom. The normalized spacial score (nSPS) is 11.3. The van der Waals surface area contributed by atoms with E-state index in [-0.39, 0.29) is 18.2 Å². The number of nitrogens with one attached hydrogen (secondary N) is 2. The zero-order valence-electron chi connectivity index (χ0n) is 14.7. The summed E-state index contributed by atoms with van der Waals surface area (Å²) >= 11 is 1.13. The minimum Gasteiger partial charge on any atom is -0.497 e. The fourth-order valence-electron chi connectivity index (χ4n) is 2.32. The molecule has 0 aliphatic carbocycles. The zero-order chi connectivity index (χ0) is 19.1.